The zero-order chi connectivity index (χ0) is 49.8. The molecule has 7 aromatic carbocycles. The average Bonchev–Trinajstić information content (AvgIpc) is 3.82. The van der Waals surface area contributed by atoms with E-state index in [1.165, 1.54) is 12.1 Å². The molecule has 0 saturated carbocycles. The van der Waals surface area contributed by atoms with Crippen LogP contribution in [0.1, 0.15) is 75.9 Å². The first-order valence-electron chi connectivity index (χ1n) is 25.7. The summed E-state index contributed by atoms with van der Waals surface area (Å²) in [5.41, 5.74) is 13.4. The summed E-state index contributed by atoms with van der Waals surface area (Å²) in [6.45, 7) is -1.28. The van der Waals surface area contributed by atoms with Crippen molar-refractivity contribution in [2.75, 3.05) is 0 Å². The summed E-state index contributed by atoms with van der Waals surface area (Å²) < 4.78 is 89.5. The molecule has 0 bridgehead atoms. The Balaban J connectivity index is 1.16. The van der Waals surface area contributed by atoms with Gasteiger partial charge in [0.05, 0.1) is 5.56 Å². The number of pyridine rings is 1. The Labute approximate surface area is 376 Å². The fraction of sp³-hybridized carbons (Fsp3) is 0.172. The van der Waals surface area contributed by atoms with Crippen LogP contribution in [0.4, 0.5) is 0 Å². The van der Waals surface area contributed by atoms with E-state index in [1.54, 1.807) is 12.1 Å². The number of aryl methyl sites for hydroxylation is 1. The molecule has 3 aliphatic rings. The van der Waals surface area contributed by atoms with Crippen molar-refractivity contribution in [3.63, 3.8) is 0 Å². The van der Waals surface area contributed by atoms with Crippen LogP contribution in [-0.4, -0.2) is 4.57 Å². The summed E-state index contributed by atoms with van der Waals surface area (Å²) in [6.07, 6.45) is 2.04. The standard InChI is InChI=1S/C58H49N3O/c1-36-31-46(39-19-12-9-13-20-39)51(35-45(36)38-17-10-8-11-18-38)60-49-23-16-22-43-47-33-42(57(5,6)7)34-48-50-32-40(37-25-27-41(28-26-37)56(2,3)4)29-30-59(50)58(53(47)48)61(54(43)49)55(60)44-21-14-15-24-52(44)62-58/h8-35H,1-7H3/q+2/i2D3,3D3,4D3. The normalized spacial score (nSPS) is 18.3. The van der Waals surface area contributed by atoms with Gasteiger partial charge in [-0.25, -0.2) is 0 Å². The molecule has 0 N–H and O–H groups in total. The van der Waals surface area contributed by atoms with Crippen molar-refractivity contribution in [3.8, 4) is 78.6 Å². The quantitative estimate of drug-likeness (QED) is 0.162. The van der Waals surface area contributed by atoms with Crippen LogP contribution in [0.3, 0.4) is 0 Å². The van der Waals surface area contributed by atoms with E-state index in [2.05, 4.69) is 151 Å². The van der Waals surface area contributed by atoms with E-state index in [-0.39, 0.29) is 11.0 Å². The number of aromatic nitrogens is 3. The second kappa shape index (κ2) is 12.7. The van der Waals surface area contributed by atoms with Gasteiger partial charge < -0.3 is 4.74 Å². The van der Waals surface area contributed by atoms with E-state index in [9.17, 15) is 0 Å². The molecule has 0 saturated heterocycles. The molecule has 12 rings (SSSR count). The molecule has 4 heteroatoms. The minimum atomic E-state index is -3.37. The van der Waals surface area contributed by atoms with E-state index in [0.717, 1.165) is 101 Å². The first kappa shape index (κ1) is 28.5. The van der Waals surface area contributed by atoms with Crippen LogP contribution in [0, 0.1) is 6.92 Å². The Morgan fingerprint density at radius 3 is 1.95 bits per heavy atom. The number of ether oxygens (including phenoxy) is 1. The fourth-order valence-corrected chi connectivity index (χ4v) is 10.2. The van der Waals surface area contributed by atoms with Crippen molar-refractivity contribution in [3.05, 3.63) is 192 Å². The molecule has 1 unspecified atom stereocenters. The molecular weight excluding hydrogens is 755 g/mol. The van der Waals surface area contributed by atoms with E-state index in [4.69, 9.17) is 17.1 Å². The highest BCUT2D eigenvalue weighted by Gasteiger charge is 2.68. The van der Waals surface area contributed by atoms with Crippen LogP contribution in [0.15, 0.2) is 170 Å². The molecule has 3 aliphatic heterocycles. The second-order valence-corrected chi connectivity index (χ2v) is 18.0. The van der Waals surface area contributed by atoms with Gasteiger partial charge in [0.1, 0.15) is 22.6 Å². The first-order chi connectivity index (χ1) is 33.7. The molecule has 0 aliphatic carbocycles. The van der Waals surface area contributed by atoms with Gasteiger partial charge in [0.15, 0.2) is 17.2 Å². The summed E-state index contributed by atoms with van der Waals surface area (Å²) in [6, 6.07) is 55.2. The van der Waals surface area contributed by atoms with Gasteiger partial charge in [0.2, 0.25) is 5.69 Å². The van der Waals surface area contributed by atoms with Gasteiger partial charge in [0, 0.05) is 41.2 Å². The predicted octanol–water partition coefficient (Wildman–Crippen LogP) is 13.3. The van der Waals surface area contributed by atoms with Gasteiger partial charge in [0.25, 0.3) is 0 Å². The average molecular weight is 813 g/mol. The van der Waals surface area contributed by atoms with Gasteiger partial charge in [-0.3, -0.25) is 0 Å². The number of rotatable bonds is 4. The molecule has 5 heterocycles. The number of nitrogens with zero attached hydrogens (tertiary/aromatic N) is 3. The molecule has 2 aromatic heterocycles. The Morgan fingerprint density at radius 2 is 1.23 bits per heavy atom. The molecule has 1 spiro atoms. The lowest BCUT2D eigenvalue weighted by molar-refractivity contribution is -0.997. The SMILES string of the molecule is [2H]C([2H])([2H])C(c1ccc(-c2cc[n+]3c(c2)-c2cc(C(C)(C)C)cc4c2C32Oc3ccccc3-c3n(-c5cc(-c6ccccc6)c(C)cc5-c5ccccc5)c5cccc-4c5[n+]32)cc1)(C([2H])([2H])[2H])C([2H])([2H])[2H]. The summed E-state index contributed by atoms with van der Waals surface area (Å²) in [5.74, 6) is 0.417. The largest absolute Gasteiger partial charge is 0.499 e. The van der Waals surface area contributed by atoms with Crippen LogP contribution in [0.25, 0.3) is 83.9 Å². The molecule has 300 valence electrons. The van der Waals surface area contributed by atoms with Crippen molar-refractivity contribution in [1.29, 1.82) is 0 Å². The van der Waals surface area contributed by atoms with Crippen LogP contribution < -0.4 is 13.9 Å². The van der Waals surface area contributed by atoms with Crippen molar-refractivity contribution in [2.45, 2.75) is 64.9 Å². The topological polar surface area (TPSA) is 21.9 Å². The van der Waals surface area contributed by atoms with Gasteiger partial charge in [-0.15, -0.1) is 9.13 Å². The molecule has 0 radical (unpaired) electrons. The zero-order valence-corrected chi connectivity index (χ0v) is 34.9. The maximum atomic E-state index is 8.32. The van der Waals surface area contributed by atoms with Gasteiger partial charge in [-0.2, -0.15) is 4.57 Å². The molecule has 0 amide bonds. The third-order valence-corrected chi connectivity index (χ3v) is 13.2. The Hall–Kier alpha value is -7.04. The summed E-state index contributed by atoms with van der Waals surface area (Å²) >= 11 is 0. The lowest BCUT2D eigenvalue weighted by Gasteiger charge is -2.33. The highest BCUT2D eigenvalue weighted by Crippen LogP contribution is 2.54. The highest BCUT2D eigenvalue weighted by molar-refractivity contribution is 5.99. The summed E-state index contributed by atoms with van der Waals surface area (Å²) in [4.78, 5) is 0. The number of para-hydroxylation sites is 2. The highest BCUT2D eigenvalue weighted by atomic mass is 16.5. The molecular formula is C58H49N3O+2. The van der Waals surface area contributed by atoms with Crippen molar-refractivity contribution in [1.82, 2.24) is 4.57 Å². The summed E-state index contributed by atoms with van der Waals surface area (Å²) in [7, 11) is 0. The Morgan fingerprint density at radius 1 is 0.548 bits per heavy atom. The lowest BCUT2D eigenvalue weighted by atomic mass is 9.80. The third kappa shape index (κ3) is 5.07. The summed E-state index contributed by atoms with van der Waals surface area (Å²) in [5, 5.41) is 0. The monoisotopic (exact) mass is 812 g/mol. The second-order valence-electron chi connectivity index (χ2n) is 18.0. The van der Waals surface area contributed by atoms with Crippen molar-refractivity contribution >= 4 is 11.0 Å². The maximum Gasteiger partial charge on any atom is 0.499 e. The third-order valence-electron chi connectivity index (χ3n) is 13.2. The van der Waals surface area contributed by atoms with Gasteiger partial charge in [-0.1, -0.05) is 144 Å². The number of imidazole rings is 1. The molecule has 0 fully saturated rings. The van der Waals surface area contributed by atoms with Crippen LogP contribution in [0.5, 0.6) is 5.75 Å². The van der Waals surface area contributed by atoms with Crippen LogP contribution >= 0.6 is 0 Å². The van der Waals surface area contributed by atoms with Crippen LogP contribution in [-0.2, 0) is 16.7 Å². The smallest absolute Gasteiger partial charge is 0.392 e. The van der Waals surface area contributed by atoms with Crippen molar-refractivity contribution < 1.29 is 26.2 Å². The van der Waals surface area contributed by atoms with Crippen molar-refractivity contribution in [2.24, 2.45) is 0 Å². The minimum absolute atomic E-state index is 0.251. The van der Waals surface area contributed by atoms with Gasteiger partial charge >= 0.3 is 11.7 Å². The number of hydrogen-bond donors (Lipinski definition) is 0. The van der Waals surface area contributed by atoms with E-state index in [0.29, 0.717) is 5.56 Å². The fourth-order valence-electron chi connectivity index (χ4n) is 10.2. The van der Waals surface area contributed by atoms with E-state index < -0.39 is 31.8 Å². The molecule has 1 atom stereocenters. The molecule has 4 nitrogen and oxygen atoms in total. The number of hydrogen-bond acceptors (Lipinski definition) is 1. The van der Waals surface area contributed by atoms with E-state index in [1.807, 2.05) is 36.5 Å². The zero-order valence-electron chi connectivity index (χ0n) is 43.9. The number of benzene rings is 7. The van der Waals surface area contributed by atoms with E-state index >= 15 is 0 Å². The molecule has 9 aromatic rings. The maximum absolute atomic E-state index is 8.32. The van der Waals surface area contributed by atoms with Crippen LogP contribution in [0.2, 0.25) is 0 Å². The molecule has 62 heavy (non-hydrogen) atoms. The lowest BCUT2D eigenvalue weighted by Crippen LogP contribution is -2.78. The predicted molar refractivity (Wildman–Crippen MR) is 252 cm³/mol. The Kier molecular flexibility index (Phi) is 5.86. The van der Waals surface area contributed by atoms with Gasteiger partial charge in [-0.05, 0) is 111 Å². The first-order valence-corrected chi connectivity index (χ1v) is 21.2. The minimum Gasteiger partial charge on any atom is -0.392 e. The Bertz CT molecular complexity index is 3640. The number of fused-ring (bicyclic) bond motifs is 5.